The summed E-state index contributed by atoms with van der Waals surface area (Å²) in [7, 11) is 0. The Balaban J connectivity index is 1.82. The maximum Gasteiger partial charge on any atom is 0.306 e. The summed E-state index contributed by atoms with van der Waals surface area (Å²) < 4.78 is 0. The second-order valence-corrected chi connectivity index (χ2v) is 5.89. The first kappa shape index (κ1) is 13.4. The van der Waals surface area contributed by atoms with Crippen LogP contribution in [0.15, 0.2) is 0 Å². The van der Waals surface area contributed by atoms with Crippen molar-refractivity contribution < 1.29 is 14.7 Å². The summed E-state index contributed by atoms with van der Waals surface area (Å²) in [4.78, 5) is 23.1. The summed E-state index contributed by atoms with van der Waals surface area (Å²) in [5.41, 5.74) is 0. The number of amides is 1. The SMILES string of the molecule is CC(NC(=O)C1CCCC(C(=O)O)C1)C1CCC1. The molecule has 2 N–H and O–H groups in total. The van der Waals surface area contributed by atoms with Crippen molar-refractivity contribution >= 4 is 11.9 Å². The number of rotatable bonds is 4. The third-order valence-electron chi connectivity index (χ3n) is 4.62. The van der Waals surface area contributed by atoms with Crippen LogP contribution in [0.4, 0.5) is 0 Å². The van der Waals surface area contributed by atoms with Gasteiger partial charge in [-0.1, -0.05) is 12.8 Å². The predicted octanol–water partition coefficient (Wildman–Crippen LogP) is 2.18. The van der Waals surface area contributed by atoms with Crippen molar-refractivity contribution in [2.24, 2.45) is 17.8 Å². The zero-order valence-corrected chi connectivity index (χ0v) is 11.0. The first-order valence-electron chi connectivity index (χ1n) is 7.11. The van der Waals surface area contributed by atoms with Gasteiger partial charge >= 0.3 is 5.97 Å². The summed E-state index contributed by atoms with van der Waals surface area (Å²) in [5, 5.41) is 12.1. The molecule has 2 aliphatic rings. The average Bonchev–Trinajstić information content (AvgIpc) is 2.26. The number of carboxylic acid groups (broad SMARTS) is 1. The fraction of sp³-hybridized carbons (Fsp3) is 0.857. The van der Waals surface area contributed by atoms with E-state index in [1.807, 2.05) is 0 Å². The molecule has 0 bridgehead atoms. The van der Waals surface area contributed by atoms with Gasteiger partial charge in [-0.2, -0.15) is 0 Å². The van der Waals surface area contributed by atoms with E-state index >= 15 is 0 Å². The van der Waals surface area contributed by atoms with E-state index in [9.17, 15) is 9.59 Å². The van der Waals surface area contributed by atoms with Crippen LogP contribution in [0.3, 0.4) is 0 Å². The molecule has 1 amide bonds. The van der Waals surface area contributed by atoms with Gasteiger partial charge in [-0.15, -0.1) is 0 Å². The van der Waals surface area contributed by atoms with Gasteiger partial charge in [-0.3, -0.25) is 9.59 Å². The molecule has 0 saturated heterocycles. The van der Waals surface area contributed by atoms with Crippen molar-refractivity contribution in [1.29, 1.82) is 0 Å². The highest BCUT2D eigenvalue weighted by Gasteiger charge is 2.33. The lowest BCUT2D eigenvalue weighted by Crippen LogP contribution is -2.44. The number of aliphatic carboxylic acids is 1. The normalized spacial score (nSPS) is 30.3. The van der Waals surface area contributed by atoms with Crippen molar-refractivity contribution in [2.75, 3.05) is 0 Å². The number of carboxylic acids is 1. The highest BCUT2D eigenvalue weighted by atomic mass is 16.4. The maximum absolute atomic E-state index is 12.1. The molecule has 2 saturated carbocycles. The fourth-order valence-electron chi connectivity index (χ4n) is 3.05. The minimum atomic E-state index is -0.750. The van der Waals surface area contributed by atoms with Crippen LogP contribution >= 0.6 is 0 Å². The molecular weight excluding hydrogens is 230 g/mol. The van der Waals surface area contributed by atoms with E-state index in [0.717, 1.165) is 19.3 Å². The smallest absolute Gasteiger partial charge is 0.306 e. The van der Waals surface area contributed by atoms with Crippen molar-refractivity contribution in [3.63, 3.8) is 0 Å². The van der Waals surface area contributed by atoms with Gasteiger partial charge in [0.1, 0.15) is 0 Å². The molecule has 4 heteroatoms. The van der Waals surface area contributed by atoms with Gasteiger partial charge < -0.3 is 10.4 Å². The van der Waals surface area contributed by atoms with Crippen LogP contribution in [0.25, 0.3) is 0 Å². The van der Waals surface area contributed by atoms with Crippen LogP contribution in [0.1, 0.15) is 51.9 Å². The van der Waals surface area contributed by atoms with Crippen LogP contribution in [-0.4, -0.2) is 23.0 Å². The largest absolute Gasteiger partial charge is 0.481 e. The molecule has 2 aliphatic carbocycles. The maximum atomic E-state index is 12.1. The monoisotopic (exact) mass is 253 g/mol. The highest BCUT2D eigenvalue weighted by Crippen LogP contribution is 2.32. The summed E-state index contributed by atoms with van der Waals surface area (Å²) >= 11 is 0. The Bertz CT molecular complexity index is 325. The van der Waals surface area contributed by atoms with E-state index in [4.69, 9.17) is 5.11 Å². The molecule has 0 aliphatic heterocycles. The van der Waals surface area contributed by atoms with E-state index in [1.54, 1.807) is 0 Å². The zero-order valence-electron chi connectivity index (χ0n) is 11.0. The lowest BCUT2D eigenvalue weighted by atomic mass is 9.78. The van der Waals surface area contributed by atoms with Crippen molar-refractivity contribution in [1.82, 2.24) is 5.32 Å². The number of carbonyl (C=O) groups excluding carboxylic acids is 1. The molecule has 18 heavy (non-hydrogen) atoms. The Morgan fingerprint density at radius 1 is 1.11 bits per heavy atom. The number of nitrogens with one attached hydrogen (secondary N) is 1. The first-order chi connectivity index (χ1) is 8.58. The quantitative estimate of drug-likeness (QED) is 0.807. The minimum Gasteiger partial charge on any atom is -0.481 e. The number of hydrogen-bond donors (Lipinski definition) is 2. The first-order valence-corrected chi connectivity index (χ1v) is 7.11. The highest BCUT2D eigenvalue weighted by molar-refractivity contribution is 5.80. The van der Waals surface area contributed by atoms with Gasteiger partial charge in [0, 0.05) is 12.0 Å². The van der Waals surface area contributed by atoms with E-state index in [1.165, 1.54) is 19.3 Å². The molecule has 0 aromatic rings. The summed E-state index contributed by atoms with van der Waals surface area (Å²) in [6.07, 6.45) is 6.62. The Morgan fingerprint density at radius 2 is 1.72 bits per heavy atom. The molecule has 0 spiro atoms. The van der Waals surface area contributed by atoms with E-state index < -0.39 is 5.97 Å². The van der Waals surface area contributed by atoms with Crippen LogP contribution in [0, 0.1) is 17.8 Å². The molecule has 3 atom stereocenters. The zero-order chi connectivity index (χ0) is 13.1. The minimum absolute atomic E-state index is 0.0698. The third kappa shape index (κ3) is 3.03. The van der Waals surface area contributed by atoms with Gasteiger partial charge in [-0.05, 0) is 44.9 Å². The Labute approximate surface area is 108 Å². The number of hydrogen-bond acceptors (Lipinski definition) is 2. The van der Waals surface area contributed by atoms with Gasteiger partial charge in [0.25, 0.3) is 0 Å². The van der Waals surface area contributed by atoms with Crippen LogP contribution in [0.2, 0.25) is 0 Å². The Morgan fingerprint density at radius 3 is 2.28 bits per heavy atom. The molecule has 2 fully saturated rings. The van der Waals surface area contributed by atoms with Crippen molar-refractivity contribution in [3.8, 4) is 0 Å². The topological polar surface area (TPSA) is 66.4 Å². The molecule has 2 rings (SSSR count). The molecular formula is C14H23NO3. The molecule has 0 aromatic heterocycles. The lowest BCUT2D eigenvalue weighted by Gasteiger charge is -2.34. The second-order valence-electron chi connectivity index (χ2n) is 5.89. The summed E-state index contributed by atoms with van der Waals surface area (Å²) in [6.45, 7) is 2.07. The standard InChI is InChI=1S/C14H23NO3/c1-9(10-4-2-5-10)15-13(16)11-6-3-7-12(8-11)14(17)18/h9-12H,2-8H2,1H3,(H,15,16)(H,17,18). The molecule has 0 aromatic carbocycles. The molecule has 4 nitrogen and oxygen atoms in total. The predicted molar refractivity (Wildman–Crippen MR) is 68.0 cm³/mol. The van der Waals surface area contributed by atoms with Crippen molar-refractivity contribution in [3.05, 3.63) is 0 Å². The second kappa shape index (κ2) is 5.72. The molecule has 102 valence electrons. The Hall–Kier alpha value is -1.06. The van der Waals surface area contributed by atoms with Gasteiger partial charge in [0.2, 0.25) is 5.91 Å². The van der Waals surface area contributed by atoms with Crippen LogP contribution in [0.5, 0.6) is 0 Å². The van der Waals surface area contributed by atoms with Crippen molar-refractivity contribution in [2.45, 2.75) is 57.9 Å². The van der Waals surface area contributed by atoms with E-state index in [2.05, 4.69) is 12.2 Å². The fourth-order valence-corrected chi connectivity index (χ4v) is 3.05. The van der Waals surface area contributed by atoms with Crippen LogP contribution < -0.4 is 5.32 Å². The van der Waals surface area contributed by atoms with Gasteiger partial charge in [0.15, 0.2) is 0 Å². The molecule has 0 heterocycles. The van der Waals surface area contributed by atoms with E-state index in [0.29, 0.717) is 12.3 Å². The average molecular weight is 253 g/mol. The van der Waals surface area contributed by atoms with Gasteiger partial charge in [0.05, 0.1) is 5.92 Å². The lowest BCUT2D eigenvalue weighted by molar-refractivity contribution is -0.144. The molecule has 3 unspecified atom stereocenters. The van der Waals surface area contributed by atoms with Gasteiger partial charge in [-0.25, -0.2) is 0 Å². The third-order valence-corrected chi connectivity index (χ3v) is 4.62. The Kier molecular flexibility index (Phi) is 4.25. The molecule has 0 radical (unpaired) electrons. The van der Waals surface area contributed by atoms with Crippen LogP contribution in [-0.2, 0) is 9.59 Å². The van der Waals surface area contributed by atoms with E-state index in [-0.39, 0.29) is 23.8 Å². The summed E-state index contributed by atoms with van der Waals surface area (Å²) in [6, 6.07) is 0.247. The number of carbonyl (C=O) groups is 2. The summed E-state index contributed by atoms with van der Waals surface area (Å²) in [5.74, 6) is -0.469.